The Morgan fingerprint density at radius 1 is 1.36 bits per heavy atom. The van der Waals surface area contributed by atoms with Crippen molar-refractivity contribution >= 4 is 11.9 Å². The van der Waals surface area contributed by atoms with E-state index in [0.717, 1.165) is 12.8 Å². The number of urea groups is 1. The molecule has 0 aromatic heterocycles. The van der Waals surface area contributed by atoms with Crippen molar-refractivity contribution in [3.8, 4) is 0 Å². The fourth-order valence-corrected chi connectivity index (χ4v) is 1.20. The van der Waals surface area contributed by atoms with Crippen molar-refractivity contribution in [3.63, 3.8) is 0 Å². The van der Waals surface area contributed by atoms with Gasteiger partial charge < -0.3 is 16.0 Å². The van der Waals surface area contributed by atoms with Gasteiger partial charge in [-0.05, 0) is 19.3 Å². The van der Waals surface area contributed by atoms with E-state index in [-0.39, 0.29) is 11.9 Å². The number of hydrogen-bond donors (Lipinski definition) is 3. The topological polar surface area (TPSA) is 70.2 Å². The Balaban J connectivity index is 1.99. The van der Waals surface area contributed by atoms with Crippen LogP contribution in [0.25, 0.3) is 0 Å². The van der Waals surface area contributed by atoms with Crippen LogP contribution in [-0.4, -0.2) is 31.6 Å². The Morgan fingerprint density at radius 2 is 2.07 bits per heavy atom. The molecule has 0 atom stereocenters. The van der Waals surface area contributed by atoms with Crippen molar-refractivity contribution < 1.29 is 9.59 Å². The van der Waals surface area contributed by atoms with Crippen molar-refractivity contribution in [2.24, 2.45) is 0 Å². The molecule has 0 aromatic carbocycles. The van der Waals surface area contributed by atoms with Gasteiger partial charge in [0.15, 0.2) is 0 Å². The van der Waals surface area contributed by atoms with Crippen LogP contribution in [0.15, 0.2) is 0 Å². The third-order valence-electron chi connectivity index (χ3n) is 2.36. The second-order valence-corrected chi connectivity index (χ2v) is 3.45. The van der Waals surface area contributed by atoms with E-state index in [1.165, 1.54) is 6.42 Å². The van der Waals surface area contributed by atoms with Gasteiger partial charge in [0.25, 0.3) is 0 Å². The highest BCUT2D eigenvalue weighted by atomic mass is 16.2. The van der Waals surface area contributed by atoms with E-state index in [9.17, 15) is 9.59 Å². The molecular formula is C9H17N3O2. The molecule has 3 amide bonds. The largest absolute Gasteiger partial charge is 0.359 e. The molecule has 0 saturated heterocycles. The number of amides is 3. The van der Waals surface area contributed by atoms with Gasteiger partial charge in [-0.25, -0.2) is 4.79 Å². The fourth-order valence-electron chi connectivity index (χ4n) is 1.20. The third-order valence-corrected chi connectivity index (χ3v) is 2.36. The minimum Gasteiger partial charge on any atom is -0.359 e. The van der Waals surface area contributed by atoms with Crippen LogP contribution in [0.2, 0.25) is 0 Å². The molecule has 3 N–H and O–H groups in total. The monoisotopic (exact) mass is 199 g/mol. The molecule has 1 saturated carbocycles. The molecule has 1 aliphatic carbocycles. The Labute approximate surface area is 83.6 Å². The second kappa shape index (κ2) is 5.47. The predicted molar refractivity (Wildman–Crippen MR) is 52.9 cm³/mol. The molecule has 0 heterocycles. The highest BCUT2D eigenvalue weighted by Crippen LogP contribution is 2.17. The molecule has 5 nitrogen and oxygen atoms in total. The molecular weight excluding hydrogens is 182 g/mol. The first-order chi connectivity index (χ1) is 6.72. The quantitative estimate of drug-likeness (QED) is 0.595. The number of rotatable bonds is 4. The average Bonchev–Trinajstić information content (AvgIpc) is 2.11. The summed E-state index contributed by atoms with van der Waals surface area (Å²) in [5.74, 6) is -0.0612. The van der Waals surface area contributed by atoms with Crippen LogP contribution in [0.3, 0.4) is 0 Å². The van der Waals surface area contributed by atoms with E-state index in [4.69, 9.17) is 0 Å². The van der Waals surface area contributed by atoms with Gasteiger partial charge in [0, 0.05) is 26.1 Å². The summed E-state index contributed by atoms with van der Waals surface area (Å²) in [6.45, 7) is 0.387. The lowest BCUT2D eigenvalue weighted by atomic mass is 9.93. The molecule has 0 bridgehead atoms. The van der Waals surface area contributed by atoms with Gasteiger partial charge >= 0.3 is 6.03 Å². The molecule has 5 heteroatoms. The zero-order valence-corrected chi connectivity index (χ0v) is 8.43. The van der Waals surface area contributed by atoms with Gasteiger partial charge in [-0.2, -0.15) is 0 Å². The van der Waals surface area contributed by atoms with Crippen LogP contribution in [0.1, 0.15) is 25.7 Å². The van der Waals surface area contributed by atoms with Crippen LogP contribution in [-0.2, 0) is 4.79 Å². The minimum absolute atomic E-state index is 0.0612. The van der Waals surface area contributed by atoms with Crippen LogP contribution in [0.4, 0.5) is 4.79 Å². The summed E-state index contributed by atoms with van der Waals surface area (Å²) >= 11 is 0. The van der Waals surface area contributed by atoms with E-state index in [2.05, 4.69) is 16.0 Å². The van der Waals surface area contributed by atoms with Crippen molar-refractivity contribution in [3.05, 3.63) is 0 Å². The normalized spacial score (nSPS) is 15.5. The van der Waals surface area contributed by atoms with Crippen molar-refractivity contribution in [2.45, 2.75) is 31.7 Å². The highest BCUT2D eigenvalue weighted by molar-refractivity contribution is 5.78. The zero-order chi connectivity index (χ0) is 10.4. The fraction of sp³-hybridized carbons (Fsp3) is 0.778. The minimum atomic E-state index is -0.168. The van der Waals surface area contributed by atoms with Gasteiger partial charge in [0.2, 0.25) is 5.91 Å². The third kappa shape index (κ3) is 3.64. The smallest absolute Gasteiger partial charge is 0.315 e. The summed E-state index contributed by atoms with van der Waals surface area (Å²) in [6, 6.07) is 0.175. The highest BCUT2D eigenvalue weighted by Gasteiger charge is 2.18. The first-order valence-corrected chi connectivity index (χ1v) is 4.97. The predicted octanol–water partition coefficient (Wildman–Crippen LogP) is -0.0258. The average molecular weight is 199 g/mol. The standard InChI is InChI=1S/C9H17N3O2/c1-10-8(13)5-6-11-9(14)12-7-3-2-4-7/h7H,2-6H2,1H3,(H,10,13)(H2,11,12,14). The van der Waals surface area contributed by atoms with E-state index < -0.39 is 0 Å². The van der Waals surface area contributed by atoms with Gasteiger partial charge in [-0.3, -0.25) is 4.79 Å². The van der Waals surface area contributed by atoms with Crippen molar-refractivity contribution in [1.29, 1.82) is 0 Å². The lowest BCUT2D eigenvalue weighted by Crippen LogP contribution is -2.45. The molecule has 0 unspecified atom stereocenters. The maximum atomic E-state index is 11.2. The van der Waals surface area contributed by atoms with Crippen molar-refractivity contribution in [2.75, 3.05) is 13.6 Å². The van der Waals surface area contributed by atoms with Gasteiger partial charge in [-0.15, -0.1) is 0 Å². The summed E-state index contributed by atoms with van der Waals surface area (Å²) in [4.78, 5) is 22.0. The molecule has 0 radical (unpaired) electrons. The zero-order valence-electron chi connectivity index (χ0n) is 8.43. The van der Waals surface area contributed by atoms with Gasteiger partial charge in [0.1, 0.15) is 0 Å². The Hall–Kier alpha value is -1.26. The molecule has 0 spiro atoms. The lowest BCUT2D eigenvalue weighted by molar-refractivity contribution is -0.120. The summed E-state index contributed by atoms with van der Waals surface area (Å²) in [5, 5.41) is 7.95. The molecule has 14 heavy (non-hydrogen) atoms. The van der Waals surface area contributed by atoms with E-state index in [1.54, 1.807) is 7.05 Å². The lowest BCUT2D eigenvalue weighted by Gasteiger charge is -2.26. The first-order valence-electron chi connectivity index (χ1n) is 4.97. The number of nitrogens with one attached hydrogen (secondary N) is 3. The first kappa shape index (κ1) is 10.8. The van der Waals surface area contributed by atoms with Crippen LogP contribution >= 0.6 is 0 Å². The Morgan fingerprint density at radius 3 is 2.57 bits per heavy atom. The Bertz CT molecular complexity index is 214. The summed E-state index contributed by atoms with van der Waals surface area (Å²) in [6.07, 6.45) is 3.67. The Kier molecular flexibility index (Phi) is 4.22. The molecule has 0 aliphatic heterocycles. The van der Waals surface area contributed by atoms with Gasteiger partial charge in [-0.1, -0.05) is 0 Å². The maximum absolute atomic E-state index is 11.2. The molecule has 1 rings (SSSR count). The van der Waals surface area contributed by atoms with Crippen LogP contribution in [0, 0.1) is 0 Å². The molecule has 0 aromatic rings. The van der Waals surface area contributed by atoms with Gasteiger partial charge in [0.05, 0.1) is 0 Å². The van der Waals surface area contributed by atoms with E-state index in [0.29, 0.717) is 19.0 Å². The SMILES string of the molecule is CNC(=O)CCNC(=O)NC1CCC1. The summed E-state index contributed by atoms with van der Waals surface area (Å²) in [7, 11) is 1.58. The van der Waals surface area contributed by atoms with E-state index >= 15 is 0 Å². The number of hydrogen-bond acceptors (Lipinski definition) is 2. The second-order valence-electron chi connectivity index (χ2n) is 3.45. The van der Waals surface area contributed by atoms with Crippen LogP contribution < -0.4 is 16.0 Å². The van der Waals surface area contributed by atoms with Crippen LogP contribution in [0.5, 0.6) is 0 Å². The number of carbonyl (C=O) groups excluding carboxylic acids is 2. The summed E-state index contributed by atoms with van der Waals surface area (Å²) in [5.41, 5.74) is 0. The molecule has 1 fully saturated rings. The molecule has 1 aliphatic rings. The number of carbonyl (C=O) groups is 2. The summed E-state index contributed by atoms with van der Waals surface area (Å²) < 4.78 is 0. The maximum Gasteiger partial charge on any atom is 0.315 e. The van der Waals surface area contributed by atoms with Crippen molar-refractivity contribution in [1.82, 2.24) is 16.0 Å². The van der Waals surface area contributed by atoms with E-state index in [1.807, 2.05) is 0 Å². The molecule has 80 valence electrons.